The summed E-state index contributed by atoms with van der Waals surface area (Å²) < 4.78 is 62.8. The highest BCUT2D eigenvalue weighted by atomic mass is 79.9. The maximum Gasteiger partial charge on any atom is 0.252 e. The molecule has 3 heterocycles. The number of hydrogen-bond donors (Lipinski definition) is 0. The number of halogens is 1. The molecule has 0 unspecified atom stereocenters. The van der Waals surface area contributed by atoms with Gasteiger partial charge < -0.3 is 9.30 Å². The molecular weight excluding hydrogens is 610 g/mol. The van der Waals surface area contributed by atoms with Gasteiger partial charge in [0.15, 0.2) is 0 Å². The van der Waals surface area contributed by atoms with Gasteiger partial charge in [0.1, 0.15) is 14.2 Å². The van der Waals surface area contributed by atoms with E-state index in [1.54, 1.807) is 12.1 Å². The summed E-state index contributed by atoms with van der Waals surface area (Å²) >= 11 is 4.09. The molecule has 1 saturated heterocycles. The smallest absolute Gasteiger partial charge is 0.252 e. The van der Waals surface area contributed by atoms with Gasteiger partial charge in [-0.25, -0.2) is 21.8 Å². The van der Waals surface area contributed by atoms with Gasteiger partial charge in [0.25, 0.3) is 10.0 Å². The van der Waals surface area contributed by atoms with Crippen molar-refractivity contribution in [2.45, 2.75) is 78.1 Å². The van der Waals surface area contributed by atoms with E-state index in [2.05, 4.69) is 41.3 Å². The van der Waals surface area contributed by atoms with Gasteiger partial charge in [0.05, 0.1) is 29.1 Å². The Hall–Kier alpha value is -1.31. The lowest BCUT2D eigenvalue weighted by Gasteiger charge is -2.26. The predicted molar refractivity (Wildman–Crippen MR) is 152 cm³/mol. The standard InChI is InChI=1S/C26H34BrN3O5S3/c1-26(2,3)25-28-21-15-19(9-10-22(21)30(25)17-18-7-5-4-6-8-18)37(31,32)24-20(27)16-23(36-24)38(33,34)29-11-13-35-14-12-29/h9-10,15-16,18H,4-8,11-14,17H2,1-3H3. The lowest BCUT2D eigenvalue weighted by Crippen LogP contribution is -2.40. The van der Waals surface area contributed by atoms with Gasteiger partial charge >= 0.3 is 0 Å². The van der Waals surface area contributed by atoms with E-state index in [1.807, 2.05) is 6.07 Å². The monoisotopic (exact) mass is 643 g/mol. The van der Waals surface area contributed by atoms with Crippen LogP contribution < -0.4 is 0 Å². The zero-order chi connectivity index (χ0) is 27.3. The van der Waals surface area contributed by atoms with E-state index < -0.39 is 19.9 Å². The van der Waals surface area contributed by atoms with E-state index in [9.17, 15) is 16.8 Å². The summed E-state index contributed by atoms with van der Waals surface area (Å²) in [6.45, 7) is 8.40. The summed E-state index contributed by atoms with van der Waals surface area (Å²) in [6, 6.07) is 6.47. The third-order valence-corrected chi connectivity index (χ3v) is 14.2. The molecule has 38 heavy (non-hydrogen) atoms. The summed E-state index contributed by atoms with van der Waals surface area (Å²) in [5, 5.41) is 0. The highest BCUT2D eigenvalue weighted by molar-refractivity contribution is 9.10. The average Bonchev–Trinajstić information content (AvgIpc) is 3.46. The maximum atomic E-state index is 13.7. The predicted octanol–water partition coefficient (Wildman–Crippen LogP) is 5.59. The van der Waals surface area contributed by atoms with Crippen LogP contribution in [-0.2, 0) is 36.6 Å². The molecule has 0 atom stereocenters. The fourth-order valence-corrected chi connectivity index (χ4v) is 11.6. The highest BCUT2D eigenvalue weighted by Gasteiger charge is 2.33. The minimum absolute atomic E-state index is 0.00212. The van der Waals surface area contributed by atoms with E-state index in [-0.39, 0.29) is 36.3 Å². The number of hydrogen-bond acceptors (Lipinski definition) is 7. The molecular formula is C26H34BrN3O5S3. The Morgan fingerprint density at radius 1 is 1.05 bits per heavy atom. The Labute approximate surface area is 237 Å². The molecule has 3 aromatic rings. The number of morpholine rings is 1. The van der Waals surface area contributed by atoms with Crippen molar-refractivity contribution in [3.63, 3.8) is 0 Å². The third-order valence-electron chi connectivity index (χ3n) is 7.31. The summed E-state index contributed by atoms with van der Waals surface area (Å²) in [4.78, 5) is 5.02. The molecule has 1 saturated carbocycles. The maximum absolute atomic E-state index is 13.7. The molecule has 2 aromatic heterocycles. The molecule has 0 spiro atoms. The molecule has 0 bridgehead atoms. The van der Waals surface area contributed by atoms with Gasteiger partial charge in [-0.1, -0.05) is 40.0 Å². The van der Waals surface area contributed by atoms with Crippen LogP contribution in [0.3, 0.4) is 0 Å². The molecule has 0 amide bonds. The molecule has 1 aliphatic heterocycles. The van der Waals surface area contributed by atoms with Crippen LogP contribution in [0.1, 0.15) is 58.7 Å². The summed E-state index contributed by atoms with van der Waals surface area (Å²) in [5.74, 6) is 1.54. The number of imidazole rings is 1. The molecule has 5 rings (SSSR count). The van der Waals surface area contributed by atoms with Gasteiger partial charge in [-0.15, -0.1) is 11.3 Å². The molecule has 12 heteroatoms. The largest absolute Gasteiger partial charge is 0.379 e. The number of sulfone groups is 1. The van der Waals surface area contributed by atoms with Crippen LogP contribution in [-0.4, -0.2) is 57.0 Å². The summed E-state index contributed by atoms with van der Waals surface area (Å²) in [5.41, 5.74) is 1.37. The van der Waals surface area contributed by atoms with Crippen molar-refractivity contribution >= 4 is 58.2 Å². The Morgan fingerprint density at radius 2 is 1.74 bits per heavy atom. The second-order valence-electron chi connectivity index (χ2n) is 11.2. The first-order valence-corrected chi connectivity index (χ1v) is 17.6. The SMILES string of the molecule is CC(C)(C)c1nc2cc(S(=O)(=O)c3sc(S(=O)(=O)N4CCOCC4)cc3Br)ccc2n1CC1CCCCC1. The van der Waals surface area contributed by atoms with Gasteiger partial charge in [-0.2, -0.15) is 4.31 Å². The molecule has 2 aliphatic rings. The van der Waals surface area contributed by atoms with Crippen LogP contribution in [0.4, 0.5) is 0 Å². The molecule has 1 aromatic carbocycles. The van der Waals surface area contributed by atoms with E-state index in [0.29, 0.717) is 24.6 Å². The minimum atomic E-state index is -3.98. The number of rotatable bonds is 6. The first kappa shape index (κ1) is 28.2. The first-order chi connectivity index (χ1) is 17.9. The van der Waals surface area contributed by atoms with E-state index in [4.69, 9.17) is 9.72 Å². The molecule has 0 radical (unpaired) electrons. The van der Waals surface area contributed by atoms with Crippen molar-refractivity contribution in [3.05, 3.63) is 34.6 Å². The number of sulfonamides is 1. The van der Waals surface area contributed by atoms with E-state index in [0.717, 1.165) is 29.2 Å². The van der Waals surface area contributed by atoms with Crippen LogP contribution in [0.2, 0.25) is 0 Å². The lowest BCUT2D eigenvalue weighted by molar-refractivity contribution is 0.0731. The van der Waals surface area contributed by atoms with Crippen molar-refractivity contribution in [2.24, 2.45) is 5.92 Å². The molecule has 0 N–H and O–H groups in total. The lowest BCUT2D eigenvalue weighted by atomic mass is 9.88. The second kappa shape index (κ2) is 10.6. The number of fused-ring (bicyclic) bond motifs is 1. The van der Waals surface area contributed by atoms with Crippen LogP contribution in [0.25, 0.3) is 11.0 Å². The summed E-state index contributed by atoms with van der Waals surface area (Å²) in [6.07, 6.45) is 6.21. The van der Waals surface area contributed by atoms with Crippen molar-refractivity contribution in [1.82, 2.24) is 13.9 Å². The van der Waals surface area contributed by atoms with Gasteiger partial charge in [-0.3, -0.25) is 0 Å². The minimum Gasteiger partial charge on any atom is -0.379 e. The summed E-state index contributed by atoms with van der Waals surface area (Å²) in [7, 11) is -7.79. The number of benzene rings is 1. The van der Waals surface area contributed by atoms with Crippen molar-refractivity contribution in [3.8, 4) is 0 Å². The van der Waals surface area contributed by atoms with Gasteiger partial charge in [-0.05, 0) is 59.0 Å². The fraction of sp³-hybridized carbons (Fsp3) is 0.577. The van der Waals surface area contributed by atoms with Crippen LogP contribution >= 0.6 is 27.3 Å². The number of thiophene rings is 1. The van der Waals surface area contributed by atoms with Crippen molar-refractivity contribution < 1.29 is 21.6 Å². The number of nitrogens with zero attached hydrogens (tertiary/aromatic N) is 3. The Kier molecular flexibility index (Phi) is 7.86. The topological polar surface area (TPSA) is 98.6 Å². The quantitative estimate of drug-likeness (QED) is 0.347. The van der Waals surface area contributed by atoms with Crippen LogP contribution in [0.15, 0.2) is 42.1 Å². The molecule has 208 valence electrons. The van der Waals surface area contributed by atoms with Gasteiger partial charge in [0.2, 0.25) is 9.84 Å². The van der Waals surface area contributed by atoms with Gasteiger partial charge in [0, 0.05) is 29.5 Å². The first-order valence-electron chi connectivity index (χ1n) is 13.0. The Balaban J connectivity index is 1.52. The second-order valence-corrected chi connectivity index (χ2v) is 17.4. The van der Waals surface area contributed by atoms with E-state index >= 15 is 0 Å². The molecule has 8 nitrogen and oxygen atoms in total. The Bertz CT molecular complexity index is 1540. The fourth-order valence-electron chi connectivity index (χ4n) is 5.33. The average molecular weight is 645 g/mol. The molecule has 2 fully saturated rings. The zero-order valence-electron chi connectivity index (χ0n) is 21.9. The van der Waals surface area contributed by atoms with Crippen LogP contribution in [0, 0.1) is 5.92 Å². The Morgan fingerprint density at radius 3 is 2.39 bits per heavy atom. The molecule has 1 aliphatic carbocycles. The number of aromatic nitrogens is 2. The highest BCUT2D eigenvalue weighted by Crippen LogP contribution is 2.40. The third kappa shape index (κ3) is 5.36. The van der Waals surface area contributed by atoms with E-state index in [1.165, 1.54) is 42.5 Å². The van der Waals surface area contributed by atoms with Crippen LogP contribution in [0.5, 0.6) is 0 Å². The zero-order valence-corrected chi connectivity index (χ0v) is 26.0. The number of ether oxygens (including phenoxy) is 1. The normalized spacial score (nSPS) is 18.8. The van der Waals surface area contributed by atoms with Crippen molar-refractivity contribution in [2.75, 3.05) is 26.3 Å². The van der Waals surface area contributed by atoms with Crippen molar-refractivity contribution in [1.29, 1.82) is 0 Å².